The molecule has 0 spiro atoms. The molecule has 0 aliphatic rings. The van der Waals surface area contributed by atoms with Crippen molar-refractivity contribution in [3.8, 4) is 11.3 Å². The number of carbonyl (C=O) groups excluding carboxylic acids is 1. The smallest absolute Gasteiger partial charge is 0.231 e. The SMILES string of the molecule is [2H]C([2H])([2H])n1ncc(NC(=O)[C@H](C)C=C)c1-c1ccnc(C(C)CC=C)c1. The highest BCUT2D eigenvalue weighted by atomic mass is 16.1. The van der Waals surface area contributed by atoms with E-state index >= 15 is 0 Å². The van der Waals surface area contributed by atoms with Crippen molar-refractivity contribution < 1.29 is 8.91 Å². The molecule has 1 N–H and O–H groups in total. The molecule has 2 aromatic rings. The van der Waals surface area contributed by atoms with Gasteiger partial charge in [0.25, 0.3) is 0 Å². The highest BCUT2D eigenvalue weighted by molar-refractivity contribution is 5.96. The molecular weight excluding hydrogens is 300 g/mol. The molecule has 1 unspecified atom stereocenters. The second-order valence-electron chi connectivity index (χ2n) is 5.73. The summed E-state index contributed by atoms with van der Waals surface area (Å²) in [5.74, 6) is -0.578. The van der Waals surface area contributed by atoms with E-state index in [-0.39, 0.29) is 11.8 Å². The lowest BCUT2D eigenvalue weighted by molar-refractivity contribution is -0.118. The number of nitrogens with zero attached hydrogens (tertiary/aromatic N) is 3. The Morgan fingerprint density at radius 1 is 1.50 bits per heavy atom. The van der Waals surface area contributed by atoms with Crippen molar-refractivity contribution in [1.82, 2.24) is 14.8 Å². The zero-order valence-electron chi connectivity index (χ0n) is 17.0. The number of aryl methyl sites for hydroxylation is 1. The molecule has 0 aliphatic carbocycles. The molecule has 2 rings (SSSR count). The van der Waals surface area contributed by atoms with Gasteiger partial charge in [0.05, 0.1) is 23.5 Å². The summed E-state index contributed by atoms with van der Waals surface area (Å²) in [4.78, 5) is 16.6. The molecule has 126 valence electrons. The van der Waals surface area contributed by atoms with E-state index in [0.717, 1.165) is 16.8 Å². The van der Waals surface area contributed by atoms with Gasteiger partial charge < -0.3 is 5.32 Å². The summed E-state index contributed by atoms with van der Waals surface area (Å²) in [6.45, 7) is 8.59. The molecule has 0 bridgehead atoms. The summed E-state index contributed by atoms with van der Waals surface area (Å²) in [7, 11) is 0. The van der Waals surface area contributed by atoms with Gasteiger partial charge in [0.15, 0.2) is 0 Å². The van der Waals surface area contributed by atoms with Crippen LogP contribution in [0.1, 0.15) is 36.0 Å². The van der Waals surface area contributed by atoms with Gasteiger partial charge in [0, 0.05) is 34.5 Å². The minimum Gasteiger partial charge on any atom is -0.322 e. The summed E-state index contributed by atoms with van der Waals surface area (Å²) in [5, 5.41) is 6.74. The third-order valence-corrected chi connectivity index (χ3v) is 3.87. The quantitative estimate of drug-likeness (QED) is 0.784. The standard InChI is InChI=1S/C19H24N4O/c1-6-8-14(4)16-11-15(9-10-20-16)18-17(12-21-23(18)5)22-19(24)13(3)7-2/h6-7,9-14H,1-2,8H2,3-5H3,(H,22,24)/t13-,14?/m1/s1/i5D3. The fourth-order valence-electron chi connectivity index (χ4n) is 2.31. The second kappa shape index (κ2) is 7.73. The number of hydrogen-bond donors (Lipinski definition) is 1. The number of hydrogen-bond acceptors (Lipinski definition) is 3. The maximum Gasteiger partial charge on any atom is 0.231 e. The Bertz CT molecular complexity index is 842. The van der Waals surface area contributed by atoms with Crippen LogP contribution in [0.5, 0.6) is 0 Å². The minimum atomic E-state index is -2.49. The van der Waals surface area contributed by atoms with Crippen molar-refractivity contribution in [3.05, 3.63) is 55.5 Å². The van der Waals surface area contributed by atoms with E-state index in [9.17, 15) is 4.79 Å². The first-order valence-corrected chi connectivity index (χ1v) is 7.78. The van der Waals surface area contributed by atoms with Crippen LogP contribution in [0, 0.1) is 5.92 Å². The van der Waals surface area contributed by atoms with Gasteiger partial charge in [-0.3, -0.25) is 14.5 Å². The summed E-state index contributed by atoms with van der Waals surface area (Å²) >= 11 is 0. The second-order valence-corrected chi connectivity index (χ2v) is 5.73. The highest BCUT2D eigenvalue weighted by Crippen LogP contribution is 2.29. The fraction of sp³-hybridized carbons (Fsp3) is 0.316. The zero-order valence-corrected chi connectivity index (χ0v) is 14.0. The van der Waals surface area contributed by atoms with Gasteiger partial charge in [-0.1, -0.05) is 26.0 Å². The van der Waals surface area contributed by atoms with Gasteiger partial charge in [-0.25, -0.2) is 0 Å². The van der Waals surface area contributed by atoms with Crippen LogP contribution in [0.25, 0.3) is 11.3 Å². The van der Waals surface area contributed by atoms with Gasteiger partial charge in [-0.05, 0) is 18.6 Å². The molecule has 0 saturated carbocycles. The molecule has 2 aromatic heterocycles. The average Bonchev–Trinajstić information content (AvgIpc) is 3.05. The van der Waals surface area contributed by atoms with Gasteiger partial charge in [-0.15, -0.1) is 13.2 Å². The number of carbonyl (C=O) groups is 1. The summed E-state index contributed by atoms with van der Waals surface area (Å²) < 4.78 is 24.2. The molecule has 5 nitrogen and oxygen atoms in total. The Morgan fingerprint density at radius 3 is 2.96 bits per heavy atom. The molecule has 2 heterocycles. The normalized spacial score (nSPS) is 15.5. The van der Waals surface area contributed by atoms with Gasteiger partial charge >= 0.3 is 0 Å². The van der Waals surface area contributed by atoms with E-state index in [1.165, 1.54) is 12.3 Å². The number of anilines is 1. The Labute approximate surface area is 147 Å². The zero-order chi connectivity index (χ0) is 20.2. The number of amides is 1. The van der Waals surface area contributed by atoms with E-state index in [0.29, 0.717) is 16.9 Å². The maximum absolute atomic E-state index is 12.3. The molecule has 0 aromatic carbocycles. The summed E-state index contributed by atoms with van der Waals surface area (Å²) in [5.41, 5.74) is 2.07. The lowest BCUT2D eigenvalue weighted by Crippen LogP contribution is -2.18. The molecule has 0 radical (unpaired) electrons. The first-order valence-electron chi connectivity index (χ1n) is 9.28. The maximum atomic E-state index is 12.3. The predicted octanol–water partition coefficient (Wildman–Crippen LogP) is 3.92. The molecule has 0 saturated heterocycles. The molecule has 0 aliphatic heterocycles. The number of nitrogens with one attached hydrogen (secondary N) is 1. The number of aromatic nitrogens is 3. The Balaban J connectivity index is 2.55. The van der Waals surface area contributed by atoms with Crippen molar-refractivity contribution in [3.63, 3.8) is 0 Å². The van der Waals surface area contributed by atoms with Crippen molar-refractivity contribution in [2.45, 2.75) is 26.2 Å². The topological polar surface area (TPSA) is 59.8 Å². The first kappa shape index (κ1) is 13.7. The van der Waals surface area contributed by atoms with Crippen molar-refractivity contribution in [1.29, 1.82) is 0 Å². The fourth-order valence-corrected chi connectivity index (χ4v) is 2.31. The Morgan fingerprint density at radius 2 is 2.29 bits per heavy atom. The largest absolute Gasteiger partial charge is 0.322 e. The lowest BCUT2D eigenvalue weighted by atomic mass is 10.0. The number of rotatable bonds is 7. The van der Waals surface area contributed by atoms with Crippen LogP contribution in [0.3, 0.4) is 0 Å². The third-order valence-electron chi connectivity index (χ3n) is 3.87. The van der Waals surface area contributed by atoms with Gasteiger partial charge in [-0.2, -0.15) is 5.10 Å². The number of allylic oxidation sites excluding steroid dienone is 1. The molecular formula is C19H24N4O. The molecule has 1 amide bonds. The van der Waals surface area contributed by atoms with E-state index in [4.69, 9.17) is 4.11 Å². The van der Waals surface area contributed by atoms with Crippen LogP contribution in [0.2, 0.25) is 0 Å². The minimum absolute atomic E-state index is 0.130. The Kier molecular flexibility index (Phi) is 4.42. The lowest BCUT2D eigenvalue weighted by Gasteiger charge is -2.13. The van der Waals surface area contributed by atoms with Crippen LogP contribution >= 0.6 is 0 Å². The first-order chi connectivity index (χ1) is 12.7. The van der Waals surface area contributed by atoms with Crippen LogP contribution in [-0.4, -0.2) is 20.7 Å². The highest BCUT2D eigenvalue weighted by Gasteiger charge is 2.17. The van der Waals surface area contributed by atoms with E-state index < -0.39 is 12.9 Å². The summed E-state index contributed by atoms with van der Waals surface area (Å²) in [6.07, 6.45) is 7.05. The van der Waals surface area contributed by atoms with Crippen molar-refractivity contribution in [2.24, 2.45) is 12.9 Å². The van der Waals surface area contributed by atoms with Crippen LogP contribution in [-0.2, 0) is 11.8 Å². The van der Waals surface area contributed by atoms with Crippen LogP contribution < -0.4 is 5.32 Å². The van der Waals surface area contributed by atoms with E-state index in [1.54, 1.807) is 19.2 Å². The van der Waals surface area contributed by atoms with Crippen molar-refractivity contribution in [2.75, 3.05) is 5.32 Å². The number of pyridine rings is 1. The van der Waals surface area contributed by atoms with E-state index in [2.05, 4.69) is 28.6 Å². The summed E-state index contributed by atoms with van der Waals surface area (Å²) in [6, 6.07) is 3.52. The van der Waals surface area contributed by atoms with Crippen molar-refractivity contribution >= 4 is 11.6 Å². The Hall–Kier alpha value is -2.69. The molecule has 5 heteroatoms. The molecule has 2 atom stereocenters. The van der Waals surface area contributed by atoms with Gasteiger partial charge in [0.2, 0.25) is 5.91 Å². The molecule has 24 heavy (non-hydrogen) atoms. The van der Waals surface area contributed by atoms with Crippen LogP contribution in [0.4, 0.5) is 5.69 Å². The van der Waals surface area contributed by atoms with Gasteiger partial charge in [0.1, 0.15) is 0 Å². The monoisotopic (exact) mass is 327 g/mol. The molecule has 0 fully saturated rings. The van der Waals surface area contributed by atoms with Crippen LogP contribution in [0.15, 0.2) is 49.8 Å². The van der Waals surface area contributed by atoms with E-state index in [1.807, 2.05) is 19.1 Å². The third kappa shape index (κ3) is 3.79. The predicted molar refractivity (Wildman–Crippen MR) is 97.7 cm³/mol. The average molecular weight is 327 g/mol.